The van der Waals surface area contributed by atoms with Gasteiger partial charge in [0.05, 0.1) is 6.54 Å². The highest BCUT2D eigenvalue weighted by molar-refractivity contribution is 5.85. The van der Waals surface area contributed by atoms with Gasteiger partial charge in [0, 0.05) is 44.4 Å². The molecule has 0 aromatic rings. The van der Waals surface area contributed by atoms with Crippen LogP contribution in [0.3, 0.4) is 0 Å². The van der Waals surface area contributed by atoms with E-state index >= 15 is 0 Å². The summed E-state index contributed by atoms with van der Waals surface area (Å²) in [4.78, 5) is 14.4. The normalized spacial score (nSPS) is 31.4. The maximum absolute atomic E-state index is 12.1. The van der Waals surface area contributed by atoms with Gasteiger partial charge in [-0.25, -0.2) is 0 Å². The molecule has 3 rings (SSSR count). The van der Waals surface area contributed by atoms with Gasteiger partial charge in [-0.05, 0) is 32.1 Å². The molecule has 3 aliphatic heterocycles. The summed E-state index contributed by atoms with van der Waals surface area (Å²) >= 11 is 0. The highest BCUT2D eigenvalue weighted by Gasteiger charge is 2.30. The Morgan fingerprint density at radius 3 is 2.70 bits per heavy atom. The van der Waals surface area contributed by atoms with Crippen molar-refractivity contribution < 1.29 is 9.53 Å². The van der Waals surface area contributed by atoms with E-state index in [0.717, 1.165) is 39.1 Å². The third-order valence-electron chi connectivity index (χ3n) is 4.56. The van der Waals surface area contributed by atoms with E-state index in [1.54, 1.807) is 0 Å². The van der Waals surface area contributed by atoms with Crippen molar-refractivity contribution >= 4 is 18.3 Å². The van der Waals surface area contributed by atoms with Crippen LogP contribution in [0.25, 0.3) is 0 Å². The average Bonchev–Trinajstić information content (AvgIpc) is 2.74. The first-order chi connectivity index (χ1) is 9.29. The molecule has 3 saturated heterocycles. The SMILES string of the molecule is Cl.O=C(CN1CCC2CCC(C1)N2)NC1CCOCC1. The molecule has 3 fully saturated rings. The van der Waals surface area contributed by atoms with Crippen molar-refractivity contribution in [1.82, 2.24) is 15.5 Å². The van der Waals surface area contributed by atoms with Crippen molar-refractivity contribution in [1.29, 1.82) is 0 Å². The standard InChI is InChI=1S/C14H25N3O2.ClH/c18-14(16-12-4-7-19-8-5-12)10-17-6-3-11-1-2-13(9-17)15-11;/h11-13,15H,1-10H2,(H,16,18);1H. The number of hydrogen-bond acceptors (Lipinski definition) is 4. The number of nitrogens with zero attached hydrogens (tertiary/aromatic N) is 1. The van der Waals surface area contributed by atoms with Gasteiger partial charge in [-0.3, -0.25) is 9.69 Å². The van der Waals surface area contributed by atoms with Crippen molar-refractivity contribution in [3.05, 3.63) is 0 Å². The Morgan fingerprint density at radius 2 is 1.90 bits per heavy atom. The highest BCUT2D eigenvalue weighted by Crippen LogP contribution is 2.20. The van der Waals surface area contributed by atoms with E-state index in [2.05, 4.69) is 15.5 Å². The van der Waals surface area contributed by atoms with Crippen molar-refractivity contribution in [3.8, 4) is 0 Å². The topological polar surface area (TPSA) is 53.6 Å². The monoisotopic (exact) mass is 303 g/mol. The predicted molar refractivity (Wildman–Crippen MR) is 80.2 cm³/mol. The largest absolute Gasteiger partial charge is 0.381 e. The summed E-state index contributed by atoms with van der Waals surface area (Å²) in [7, 11) is 0. The Morgan fingerprint density at radius 1 is 1.15 bits per heavy atom. The molecule has 116 valence electrons. The minimum absolute atomic E-state index is 0. The Hall–Kier alpha value is -0.360. The molecule has 5 nitrogen and oxygen atoms in total. The van der Waals surface area contributed by atoms with Gasteiger partial charge in [0.15, 0.2) is 0 Å². The molecule has 0 saturated carbocycles. The van der Waals surface area contributed by atoms with Gasteiger partial charge in [0.1, 0.15) is 0 Å². The number of rotatable bonds is 3. The molecule has 0 aliphatic carbocycles. The average molecular weight is 304 g/mol. The Bertz CT molecular complexity index is 324. The van der Waals surface area contributed by atoms with Crippen LogP contribution < -0.4 is 10.6 Å². The summed E-state index contributed by atoms with van der Waals surface area (Å²) < 4.78 is 5.31. The molecule has 6 heteroatoms. The molecular weight excluding hydrogens is 278 g/mol. The second kappa shape index (κ2) is 7.59. The molecule has 0 spiro atoms. The Balaban J connectivity index is 0.00000147. The minimum Gasteiger partial charge on any atom is -0.381 e. The molecule has 0 aromatic carbocycles. The van der Waals surface area contributed by atoms with Gasteiger partial charge in [-0.2, -0.15) is 0 Å². The lowest BCUT2D eigenvalue weighted by molar-refractivity contribution is -0.123. The van der Waals surface area contributed by atoms with E-state index in [9.17, 15) is 4.79 Å². The number of carbonyl (C=O) groups is 1. The maximum atomic E-state index is 12.1. The summed E-state index contributed by atoms with van der Waals surface area (Å²) in [5.74, 6) is 0.185. The van der Waals surface area contributed by atoms with Gasteiger partial charge in [-0.1, -0.05) is 0 Å². The van der Waals surface area contributed by atoms with Crippen LogP contribution in [-0.2, 0) is 9.53 Å². The summed E-state index contributed by atoms with van der Waals surface area (Å²) in [6.45, 7) is 4.19. The minimum atomic E-state index is 0. The fraction of sp³-hybridized carbons (Fsp3) is 0.929. The van der Waals surface area contributed by atoms with Crippen LogP contribution in [0.4, 0.5) is 0 Å². The first kappa shape index (κ1) is 16.0. The second-order valence-electron chi connectivity index (χ2n) is 6.12. The van der Waals surface area contributed by atoms with Crippen molar-refractivity contribution in [2.45, 2.75) is 50.2 Å². The molecule has 0 aromatic heterocycles. The molecule has 3 aliphatic rings. The van der Waals surface area contributed by atoms with Crippen LogP contribution >= 0.6 is 12.4 Å². The molecule has 2 atom stereocenters. The molecule has 0 radical (unpaired) electrons. The summed E-state index contributed by atoms with van der Waals surface area (Å²) in [6.07, 6.45) is 5.67. The third kappa shape index (κ3) is 4.32. The second-order valence-corrected chi connectivity index (χ2v) is 6.12. The molecule has 2 bridgehead atoms. The molecule has 20 heavy (non-hydrogen) atoms. The van der Waals surface area contributed by atoms with Crippen LogP contribution in [0.2, 0.25) is 0 Å². The molecule has 3 heterocycles. The third-order valence-corrected chi connectivity index (χ3v) is 4.56. The zero-order valence-electron chi connectivity index (χ0n) is 12.0. The van der Waals surface area contributed by atoms with Crippen LogP contribution in [0.1, 0.15) is 32.1 Å². The van der Waals surface area contributed by atoms with E-state index in [1.807, 2.05) is 0 Å². The number of ether oxygens (including phenoxy) is 1. The van der Waals surface area contributed by atoms with Crippen LogP contribution in [0.5, 0.6) is 0 Å². The van der Waals surface area contributed by atoms with E-state index in [1.165, 1.54) is 19.3 Å². The number of carbonyl (C=O) groups excluding carboxylic acids is 1. The lowest BCUT2D eigenvalue weighted by Crippen LogP contribution is -2.46. The number of likely N-dealkylation sites (tertiary alicyclic amines) is 1. The highest BCUT2D eigenvalue weighted by atomic mass is 35.5. The smallest absolute Gasteiger partial charge is 0.234 e. The number of amides is 1. The van der Waals surface area contributed by atoms with Crippen LogP contribution in [0.15, 0.2) is 0 Å². The number of fused-ring (bicyclic) bond motifs is 2. The van der Waals surface area contributed by atoms with Crippen molar-refractivity contribution in [3.63, 3.8) is 0 Å². The van der Waals surface area contributed by atoms with E-state index in [4.69, 9.17) is 4.74 Å². The molecule has 2 N–H and O–H groups in total. The number of halogens is 1. The predicted octanol–water partition coefficient (Wildman–Crippen LogP) is 0.530. The Kier molecular flexibility index (Phi) is 6.08. The molecular formula is C14H26ClN3O2. The van der Waals surface area contributed by atoms with Crippen LogP contribution in [-0.4, -0.2) is 61.8 Å². The first-order valence-corrected chi connectivity index (χ1v) is 7.65. The summed E-state index contributed by atoms with van der Waals surface area (Å²) in [5, 5.41) is 6.80. The fourth-order valence-electron chi connectivity index (χ4n) is 3.48. The van der Waals surface area contributed by atoms with Crippen molar-refractivity contribution in [2.24, 2.45) is 0 Å². The quantitative estimate of drug-likeness (QED) is 0.799. The van der Waals surface area contributed by atoms with Crippen molar-refractivity contribution in [2.75, 3.05) is 32.8 Å². The Labute approximate surface area is 127 Å². The van der Waals surface area contributed by atoms with E-state index < -0.39 is 0 Å². The van der Waals surface area contributed by atoms with E-state index in [0.29, 0.717) is 24.7 Å². The van der Waals surface area contributed by atoms with Gasteiger partial charge >= 0.3 is 0 Å². The first-order valence-electron chi connectivity index (χ1n) is 7.65. The fourth-order valence-corrected chi connectivity index (χ4v) is 3.48. The summed E-state index contributed by atoms with van der Waals surface area (Å²) in [6, 6.07) is 1.61. The van der Waals surface area contributed by atoms with Gasteiger partial charge in [-0.15, -0.1) is 12.4 Å². The number of nitrogens with one attached hydrogen (secondary N) is 2. The number of hydrogen-bond donors (Lipinski definition) is 2. The molecule has 1 amide bonds. The zero-order chi connectivity index (χ0) is 13.1. The van der Waals surface area contributed by atoms with Crippen LogP contribution in [0, 0.1) is 0 Å². The van der Waals surface area contributed by atoms with E-state index in [-0.39, 0.29) is 18.3 Å². The molecule has 2 unspecified atom stereocenters. The maximum Gasteiger partial charge on any atom is 0.234 e. The van der Waals surface area contributed by atoms with Gasteiger partial charge in [0.2, 0.25) is 5.91 Å². The summed E-state index contributed by atoms with van der Waals surface area (Å²) in [5.41, 5.74) is 0. The lowest BCUT2D eigenvalue weighted by atomic mass is 10.1. The lowest BCUT2D eigenvalue weighted by Gasteiger charge is -2.26. The zero-order valence-corrected chi connectivity index (χ0v) is 12.8. The van der Waals surface area contributed by atoms with Gasteiger partial charge in [0.25, 0.3) is 0 Å². The van der Waals surface area contributed by atoms with Gasteiger partial charge < -0.3 is 15.4 Å².